The Kier molecular flexibility index (Phi) is 2.20. The zero-order valence-electron chi connectivity index (χ0n) is 6.02. The highest BCUT2D eigenvalue weighted by Gasteiger charge is 2.24. The molecule has 0 saturated heterocycles. The van der Waals surface area contributed by atoms with Crippen LogP contribution in [0.3, 0.4) is 0 Å². The summed E-state index contributed by atoms with van der Waals surface area (Å²) < 4.78 is 0. The van der Waals surface area contributed by atoms with Crippen LogP contribution >= 0.6 is 0 Å². The lowest BCUT2D eigenvalue weighted by atomic mass is 10.6. The quantitative estimate of drug-likeness (QED) is 0.512. The van der Waals surface area contributed by atoms with E-state index in [1.807, 2.05) is 0 Å². The number of carbonyl (C=O) groups excluding carboxylic acids is 3. The molecule has 64 valence electrons. The Balaban J connectivity index is 2.48. The fourth-order valence-electron chi connectivity index (χ4n) is 0.642. The molecule has 1 rings (SSSR count). The minimum atomic E-state index is -0.748. The largest absolute Gasteiger partial charge is 0.368 e. The van der Waals surface area contributed by atoms with Gasteiger partial charge < -0.3 is 5.73 Å². The summed E-state index contributed by atoms with van der Waals surface area (Å²) in [5, 5.41) is 0.477. The summed E-state index contributed by atoms with van der Waals surface area (Å²) in [6, 6.07) is 0. The van der Waals surface area contributed by atoms with Gasteiger partial charge in [0.1, 0.15) is 0 Å². The molecule has 0 saturated carbocycles. The summed E-state index contributed by atoms with van der Waals surface area (Å²) in [6.07, 6.45) is 2.09. The molecule has 0 unspecified atom stereocenters. The van der Waals surface area contributed by atoms with E-state index in [1.54, 1.807) is 0 Å². The zero-order chi connectivity index (χ0) is 9.14. The van der Waals surface area contributed by atoms with Crippen LogP contribution < -0.4 is 5.73 Å². The monoisotopic (exact) mass is 170 g/mol. The second kappa shape index (κ2) is 3.14. The first-order chi connectivity index (χ1) is 5.61. The van der Waals surface area contributed by atoms with Crippen molar-refractivity contribution in [3.8, 4) is 0 Å². The van der Waals surface area contributed by atoms with E-state index >= 15 is 0 Å². The van der Waals surface area contributed by atoms with E-state index < -0.39 is 24.3 Å². The lowest BCUT2D eigenvalue weighted by Gasteiger charge is -2.10. The van der Waals surface area contributed by atoms with Gasteiger partial charge in [-0.2, -0.15) is 0 Å². The Labute approximate surface area is 67.5 Å². The van der Waals surface area contributed by atoms with Crippen LogP contribution in [0.15, 0.2) is 12.2 Å². The topological polar surface area (TPSA) is 89.7 Å². The van der Waals surface area contributed by atoms with Crippen molar-refractivity contribution in [2.24, 2.45) is 5.73 Å². The predicted octanol–water partition coefficient (Wildman–Crippen LogP) is -1.67. The van der Waals surface area contributed by atoms with Crippen LogP contribution in [0.4, 0.5) is 0 Å². The Morgan fingerprint density at radius 3 is 2.33 bits per heavy atom. The van der Waals surface area contributed by atoms with Crippen LogP contribution in [0.2, 0.25) is 0 Å². The average Bonchev–Trinajstić information content (AvgIpc) is 2.28. The maximum absolute atomic E-state index is 10.7. The van der Waals surface area contributed by atoms with Gasteiger partial charge in [-0.1, -0.05) is 0 Å². The normalized spacial score (nSPS) is 15.8. The molecule has 6 nitrogen and oxygen atoms in total. The third-order valence-electron chi connectivity index (χ3n) is 1.10. The van der Waals surface area contributed by atoms with Gasteiger partial charge >= 0.3 is 0 Å². The number of nitrogens with two attached hydrogens (primary N) is 1. The SMILES string of the molecule is NC(=O)CON1C(=O)C=CC1=O. The summed E-state index contributed by atoms with van der Waals surface area (Å²) in [5.74, 6) is -1.97. The molecular weight excluding hydrogens is 164 g/mol. The first kappa shape index (κ1) is 8.41. The molecule has 0 atom stereocenters. The van der Waals surface area contributed by atoms with Crippen molar-refractivity contribution in [3.05, 3.63) is 12.2 Å². The van der Waals surface area contributed by atoms with Gasteiger partial charge in [-0.15, -0.1) is 5.06 Å². The van der Waals surface area contributed by atoms with Crippen LogP contribution in [0, 0.1) is 0 Å². The number of nitrogens with zero attached hydrogens (tertiary/aromatic N) is 1. The molecule has 0 bridgehead atoms. The molecule has 0 spiro atoms. The number of imide groups is 1. The van der Waals surface area contributed by atoms with Gasteiger partial charge in [-0.05, 0) is 0 Å². The van der Waals surface area contributed by atoms with Crippen molar-refractivity contribution in [2.75, 3.05) is 6.61 Å². The molecular formula is C6H6N2O4. The molecule has 0 aliphatic carbocycles. The van der Waals surface area contributed by atoms with Gasteiger partial charge in [0, 0.05) is 12.2 Å². The first-order valence-corrected chi connectivity index (χ1v) is 3.08. The van der Waals surface area contributed by atoms with Gasteiger partial charge in [0.2, 0.25) is 5.91 Å². The van der Waals surface area contributed by atoms with E-state index in [1.165, 1.54) is 0 Å². The van der Waals surface area contributed by atoms with Crippen LogP contribution in [-0.2, 0) is 19.2 Å². The fourth-order valence-corrected chi connectivity index (χ4v) is 0.642. The molecule has 0 aromatic carbocycles. The number of carbonyl (C=O) groups is 3. The third-order valence-corrected chi connectivity index (χ3v) is 1.10. The van der Waals surface area contributed by atoms with Crippen molar-refractivity contribution < 1.29 is 19.2 Å². The molecule has 0 radical (unpaired) electrons. The number of hydrogen-bond donors (Lipinski definition) is 1. The summed E-state index contributed by atoms with van der Waals surface area (Å²) in [6.45, 7) is -0.487. The minimum absolute atomic E-state index is 0.477. The van der Waals surface area contributed by atoms with E-state index in [-0.39, 0.29) is 0 Å². The molecule has 2 N–H and O–H groups in total. The highest BCUT2D eigenvalue weighted by atomic mass is 16.7. The second-order valence-electron chi connectivity index (χ2n) is 2.04. The summed E-state index contributed by atoms with van der Waals surface area (Å²) in [4.78, 5) is 36.2. The molecule has 6 heteroatoms. The van der Waals surface area contributed by atoms with Gasteiger partial charge in [-0.3, -0.25) is 19.2 Å². The lowest BCUT2D eigenvalue weighted by molar-refractivity contribution is -0.186. The van der Waals surface area contributed by atoms with Crippen molar-refractivity contribution in [3.63, 3.8) is 0 Å². The van der Waals surface area contributed by atoms with E-state index in [4.69, 9.17) is 5.73 Å². The molecule has 3 amide bonds. The fraction of sp³-hybridized carbons (Fsp3) is 0.167. The lowest BCUT2D eigenvalue weighted by Crippen LogP contribution is -2.33. The Hall–Kier alpha value is -1.69. The van der Waals surface area contributed by atoms with Crippen LogP contribution in [-0.4, -0.2) is 29.4 Å². The smallest absolute Gasteiger partial charge is 0.277 e. The zero-order valence-corrected chi connectivity index (χ0v) is 6.02. The molecule has 0 aromatic rings. The number of primary amides is 1. The molecule has 12 heavy (non-hydrogen) atoms. The molecule has 0 fully saturated rings. The first-order valence-electron chi connectivity index (χ1n) is 3.08. The van der Waals surface area contributed by atoms with E-state index in [2.05, 4.69) is 4.84 Å². The minimum Gasteiger partial charge on any atom is -0.368 e. The summed E-state index contributed by atoms with van der Waals surface area (Å²) in [7, 11) is 0. The molecule has 1 aliphatic heterocycles. The van der Waals surface area contributed by atoms with Gasteiger partial charge in [-0.25, -0.2) is 0 Å². The Morgan fingerprint density at radius 1 is 1.42 bits per heavy atom. The standard InChI is InChI=1S/C6H6N2O4/c7-4(9)3-12-8-5(10)1-2-6(8)11/h1-2H,3H2,(H2,7,9). The third kappa shape index (κ3) is 1.67. The highest BCUT2D eigenvalue weighted by molar-refractivity contribution is 6.11. The molecule has 1 aliphatic rings. The van der Waals surface area contributed by atoms with E-state index in [0.29, 0.717) is 5.06 Å². The van der Waals surface area contributed by atoms with Crippen LogP contribution in [0.1, 0.15) is 0 Å². The van der Waals surface area contributed by atoms with Gasteiger partial charge in [0.15, 0.2) is 6.61 Å². The summed E-state index contributed by atoms with van der Waals surface area (Å²) >= 11 is 0. The van der Waals surface area contributed by atoms with Crippen LogP contribution in [0.5, 0.6) is 0 Å². The Bertz CT molecular complexity index is 253. The number of hydroxylamine groups is 2. The van der Waals surface area contributed by atoms with Crippen molar-refractivity contribution in [2.45, 2.75) is 0 Å². The molecule has 0 aromatic heterocycles. The van der Waals surface area contributed by atoms with Crippen molar-refractivity contribution in [1.82, 2.24) is 5.06 Å². The maximum atomic E-state index is 10.7. The van der Waals surface area contributed by atoms with Gasteiger partial charge in [0.25, 0.3) is 11.8 Å². The number of amides is 3. The van der Waals surface area contributed by atoms with Gasteiger partial charge in [0.05, 0.1) is 0 Å². The van der Waals surface area contributed by atoms with Crippen LogP contribution in [0.25, 0.3) is 0 Å². The second-order valence-corrected chi connectivity index (χ2v) is 2.04. The summed E-state index contributed by atoms with van der Waals surface area (Å²) in [5.41, 5.74) is 4.73. The predicted molar refractivity (Wildman–Crippen MR) is 36.1 cm³/mol. The van der Waals surface area contributed by atoms with E-state index in [9.17, 15) is 14.4 Å². The maximum Gasteiger partial charge on any atom is 0.277 e. The number of rotatable bonds is 3. The Morgan fingerprint density at radius 2 is 1.92 bits per heavy atom. The molecule has 1 heterocycles. The van der Waals surface area contributed by atoms with Crippen molar-refractivity contribution in [1.29, 1.82) is 0 Å². The average molecular weight is 170 g/mol. The van der Waals surface area contributed by atoms with Crippen molar-refractivity contribution >= 4 is 17.7 Å². The highest BCUT2D eigenvalue weighted by Crippen LogP contribution is 2.02. The number of hydrogen-bond acceptors (Lipinski definition) is 4. The van der Waals surface area contributed by atoms with E-state index in [0.717, 1.165) is 12.2 Å².